The molecular formula is C34H22N4. The maximum Gasteiger partial charge on any atom is 0.164 e. The van der Waals surface area contributed by atoms with Gasteiger partial charge >= 0.3 is 0 Å². The Hall–Kier alpha value is -5.22. The molecule has 0 spiro atoms. The molecule has 7 rings (SSSR count). The van der Waals surface area contributed by atoms with Gasteiger partial charge in [-0.1, -0.05) is 109 Å². The normalized spacial score (nSPS) is 12.3. The monoisotopic (exact) mass is 486 g/mol. The predicted octanol–water partition coefficient (Wildman–Crippen LogP) is 8.12. The average Bonchev–Trinajstić information content (AvgIpc) is 2.97. The topological polar surface area (TPSA) is 51.0 Å². The molecule has 178 valence electrons. The van der Waals surface area contributed by atoms with E-state index in [0.29, 0.717) is 17.5 Å². The Labute approximate surface area is 220 Å². The van der Waals surface area contributed by atoms with Gasteiger partial charge < -0.3 is 0 Å². The van der Waals surface area contributed by atoms with E-state index in [1.165, 1.54) is 27.6 Å². The van der Waals surface area contributed by atoms with E-state index in [0.717, 1.165) is 22.1 Å². The molecule has 5 aromatic carbocycles. The van der Waals surface area contributed by atoms with Gasteiger partial charge in [-0.25, -0.2) is 15.0 Å². The molecule has 0 aliphatic carbocycles. The van der Waals surface area contributed by atoms with Gasteiger partial charge in [-0.2, -0.15) is 0 Å². The fraction of sp³-hybridized carbons (Fsp3) is 0. The molecule has 1 aliphatic rings. The summed E-state index contributed by atoms with van der Waals surface area (Å²) in [5.74, 6) is 1.98. The molecule has 0 saturated heterocycles. The van der Waals surface area contributed by atoms with Gasteiger partial charge in [0.15, 0.2) is 17.5 Å². The van der Waals surface area contributed by atoms with Crippen molar-refractivity contribution < 1.29 is 0 Å². The molecule has 0 fully saturated rings. The molecule has 1 aromatic heterocycles. The summed E-state index contributed by atoms with van der Waals surface area (Å²) in [6.07, 6.45) is 3.78. The summed E-state index contributed by atoms with van der Waals surface area (Å²) in [5, 5.41) is 2.31. The van der Waals surface area contributed by atoms with Gasteiger partial charge in [0.1, 0.15) is 0 Å². The third kappa shape index (κ3) is 4.18. The quantitative estimate of drug-likeness (QED) is 0.247. The molecule has 6 aromatic rings. The highest BCUT2D eigenvalue weighted by atomic mass is 15.0. The maximum atomic E-state index is 4.89. The lowest BCUT2D eigenvalue weighted by Gasteiger charge is -2.10. The van der Waals surface area contributed by atoms with Crippen molar-refractivity contribution in [1.29, 1.82) is 0 Å². The molecule has 4 nitrogen and oxygen atoms in total. The summed E-state index contributed by atoms with van der Waals surface area (Å²) in [4.78, 5) is 18.7. The van der Waals surface area contributed by atoms with Crippen LogP contribution < -0.4 is 0 Å². The second-order valence-electron chi connectivity index (χ2n) is 9.25. The van der Waals surface area contributed by atoms with Crippen molar-refractivity contribution in [3.63, 3.8) is 0 Å². The van der Waals surface area contributed by atoms with E-state index < -0.39 is 0 Å². The van der Waals surface area contributed by atoms with Gasteiger partial charge in [0, 0.05) is 34.7 Å². The summed E-state index contributed by atoms with van der Waals surface area (Å²) >= 11 is 0. The zero-order valence-corrected chi connectivity index (χ0v) is 20.5. The number of rotatable bonds is 5. The van der Waals surface area contributed by atoms with Crippen LogP contribution in [0.2, 0.25) is 0 Å². The van der Waals surface area contributed by atoms with Gasteiger partial charge in [-0.05, 0) is 39.6 Å². The summed E-state index contributed by atoms with van der Waals surface area (Å²) in [5.41, 5.74) is 7.58. The Bertz CT molecular complexity index is 1780. The SMILES string of the molecule is C1=NC=C1c1ccc(-c2ccc3ccc(-c4nc(-c5ccccc5)nc(-c5ccccc5)n4)cc3c2)cc1. The van der Waals surface area contributed by atoms with Crippen LogP contribution >= 0.6 is 0 Å². The number of hydrogen-bond acceptors (Lipinski definition) is 4. The summed E-state index contributed by atoms with van der Waals surface area (Å²) in [7, 11) is 0. The highest BCUT2D eigenvalue weighted by Gasteiger charge is 2.13. The van der Waals surface area contributed by atoms with Crippen molar-refractivity contribution in [3.05, 3.63) is 133 Å². The van der Waals surface area contributed by atoms with Crippen molar-refractivity contribution >= 4 is 22.6 Å². The number of hydrogen-bond donors (Lipinski definition) is 0. The minimum Gasteiger partial charge on any atom is -0.263 e. The molecule has 0 bridgehead atoms. The van der Waals surface area contributed by atoms with Crippen LogP contribution in [-0.2, 0) is 0 Å². The lowest BCUT2D eigenvalue weighted by Crippen LogP contribution is -2.00. The molecule has 38 heavy (non-hydrogen) atoms. The largest absolute Gasteiger partial charge is 0.263 e. The van der Waals surface area contributed by atoms with E-state index in [4.69, 9.17) is 15.0 Å². The second kappa shape index (κ2) is 9.34. The number of aliphatic imine (C=N–C) groups is 1. The first-order valence-corrected chi connectivity index (χ1v) is 12.6. The van der Waals surface area contributed by atoms with Crippen LogP contribution in [0.5, 0.6) is 0 Å². The summed E-state index contributed by atoms with van der Waals surface area (Å²) in [6.45, 7) is 0. The molecule has 2 heterocycles. The molecule has 0 radical (unpaired) electrons. The number of benzene rings is 5. The van der Waals surface area contributed by atoms with E-state index in [1.807, 2.05) is 73.1 Å². The van der Waals surface area contributed by atoms with Crippen molar-refractivity contribution in [3.8, 4) is 45.3 Å². The highest BCUT2D eigenvalue weighted by molar-refractivity contribution is 6.14. The number of nitrogens with zero attached hydrogens (tertiary/aromatic N) is 4. The van der Waals surface area contributed by atoms with Gasteiger partial charge in [0.25, 0.3) is 0 Å². The molecule has 0 amide bonds. The predicted molar refractivity (Wildman–Crippen MR) is 156 cm³/mol. The van der Waals surface area contributed by atoms with Gasteiger partial charge in [-0.15, -0.1) is 0 Å². The molecule has 0 atom stereocenters. The van der Waals surface area contributed by atoms with Gasteiger partial charge in [0.2, 0.25) is 0 Å². The first-order valence-electron chi connectivity index (χ1n) is 12.6. The van der Waals surface area contributed by atoms with Crippen molar-refractivity contribution in [2.75, 3.05) is 0 Å². The second-order valence-corrected chi connectivity index (χ2v) is 9.25. The first kappa shape index (κ1) is 22.0. The fourth-order valence-corrected chi connectivity index (χ4v) is 4.66. The summed E-state index contributed by atoms with van der Waals surface area (Å²) < 4.78 is 0. The van der Waals surface area contributed by atoms with E-state index in [-0.39, 0.29) is 0 Å². The third-order valence-electron chi connectivity index (χ3n) is 6.78. The van der Waals surface area contributed by atoms with Crippen LogP contribution in [0.25, 0.3) is 61.6 Å². The Morgan fingerprint density at radius 2 is 0.842 bits per heavy atom. The lowest BCUT2D eigenvalue weighted by atomic mass is 9.97. The number of fused-ring (bicyclic) bond motifs is 1. The van der Waals surface area contributed by atoms with E-state index in [9.17, 15) is 0 Å². The van der Waals surface area contributed by atoms with Crippen LogP contribution in [0.15, 0.2) is 133 Å². The van der Waals surface area contributed by atoms with Gasteiger partial charge in [0.05, 0.1) is 0 Å². The minimum atomic E-state index is 0.657. The molecular weight excluding hydrogens is 464 g/mol. The molecule has 0 N–H and O–H groups in total. The zero-order chi connectivity index (χ0) is 25.3. The zero-order valence-electron chi connectivity index (χ0n) is 20.5. The molecule has 4 heteroatoms. The van der Waals surface area contributed by atoms with Gasteiger partial charge in [-0.3, -0.25) is 4.99 Å². The Balaban J connectivity index is 1.31. The standard InChI is InChI=1S/C34H22N4/c1-3-7-26(8-4-1)32-36-33(27-9-5-2-6-10-27)38-34(37-32)29-18-16-24-15-17-28(19-30(24)20-29)23-11-13-25(14-12-23)31-21-35-22-31/h1-22H. The Morgan fingerprint density at radius 3 is 1.39 bits per heavy atom. The van der Waals surface area contributed by atoms with Crippen LogP contribution in [0.3, 0.4) is 0 Å². The van der Waals surface area contributed by atoms with Crippen molar-refractivity contribution in [1.82, 2.24) is 15.0 Å². The average molecular weight is 487 g/mol. The van der Waals surface area contributed by atoms with E-state index >= 15 is 0 Å². The number of allylic oxidation sites excluding steroid dienone is 1. The first-order chi connectivity index (χ1) is 18.8. The van der Waals surface area contributed by atoms with Crippen molar-refractivity contribution in [2.24, 2.45) is 4.99 Å². The van der Waals surface area contributed by atoms with Crippen LogP contribution in [-0.4, -0.2) is 21.2 Å². The van der Waals surface area contributed by atoms with Crippen LogP contribution in [0.4, 0.5) is 0 Å². The maximum absolute atomic E-state index is 4.89. The summed E-state index contributed by atoms with van der Waals surface area (Å²) in [6, 6.07) is 41.7. The lowest BCUT2D eigenvalue weighted by molar-refractivity contribution is 1.07. The third-order valence-corrected chi connectivity index (χ3v) is 6.78. The van der Waals surface area contributed by atoms with Crippen molar-refractivity contribution in [2.45, 2.75) is 0 Å². The van der Waals surface area contributed by atoms with Crippen LogP contribution in [0.1, 0.15) is 5.56 Å². The van der Waals surface area contributed by atoms with E-state index in [1.54, 1.807) is 0 Å². The number of aromatic nitrogens is 3. The van der Waals surface area contributed by atoms with Crippen LogP contribution in [0, 0.1) is 0 Å². The van der Waals surface area contributed by atoms with E-state index in [2.05, 4.69) is 65.7 Å². The minimum absolute atomic E-state index is 0.657. The molecule has 0 unspecified atom stereocenters. The Morgan fingerprint density at radius 1 is 0.368 bits per heavy atom. The fourth-order valence-electron chi connectivity index (χ4n) is 4.66. The molecule has 1 aliphatic heterocycles. The highest BCUT2D eigenvalue weighted by Crippen LogP contribution is 2.30. The Kier molecular flexibility index (Phi) is 5.41. The smallest absolute Gasteiger partial charge is 0.164 e. The molecule has 0 saturated carbocycles.